The molecule has 0 N–H and O–H groups in total. The highest BCUT2D eigenvalue weighted by molar-refractivity contribution is 7.10. The van der Waals surface area contributed by atoms with Gasteiger partial charge >= 0.3 is 0 Å². The minimum absolute atomic E-state index is 0.0564. The standard InChI is InChI=1S/C14H18N2OS/c1-16(13(17)10-12-6-5-9-18-12)14(11-15)7-3-2-4-8-14/h5-6,9H,2-4,7-8,10H2,1H3. The van der Waals surface area contributed by atoms with Gasteiger partial charge in [-0.25, -0.2) is 0 Å². The lowest BCUT2D eigenvalue weighted by Crippen LogP contribution is -2.50. The molecule has 1 aromatic rings. The van der Waals surface area contributed by atoms with Gasteiger partial charge in [0, 0.05) is 11.9 Å². The second-order valence-corrected chi connectivity index (χ2v) is 5.95. The summed E-state index contributed by atoms with van der Waals surface area (Å²) in [5.74, 6) is 0.0564. The minimum Gasteiger partial charge on any atom is -0.327 e. The van der Waals surface area contributed by atoms with Gasteiger partial charge in [0.25, 0.3) is 0 Å². The van der Waals surface area contributed by atoms with Crippen molar-refractivity contribution in [2.75, 3.05) is 7.05 Å². The zero-order valence-corrected chi connectivity index (χ0v) is 11.5. The predicted molar refractivity (Wildman–Crippen MR) is 72.2 cm³/mol. The van der Waals surface area contributed by atoms with Gasteiger partial charge in [-0.05, 0) is 24.3 Å². The van der Waals surface area contributed by atoms with E-state index in [1.54, 1.807) is 23.3 Å². The Kier molecular flexibility index (Phi) is 4.03. The molecule has 3 nitrogen and oxygen atoms in total. The molecule has 0 aromatic carbocycles. The molecule has 0 atom stereocenters. The number of hydrogen-bond acceptors (Lipinski definition) is 3. The number of nitrogens with zero attached hydrogens (tertiary/aromatic N) is 2. The first-order valence-electron chi connectivity index (χ1n) is 6.38. The number of rotatable bonds is 3. The highest BCUT2D eigenvalue weighted by Gasteiger charge is 2.38. The van der Waals surface area contributed by atoms with Crippen molar-refractivity contribution >= 4 is 17.2 Å². The zero-order valence-electron chi connectivity index (χ0n) is 10.7. The van der Waals surface area contributed by atoms with Crippen molar-refractivity contribution in [1.82, 2.24) is 4.90 Å². The third kappa shape index (κ3) is 2.56. The van der Waals surface area contributed by atoms with E-state index >= 15 is 0 Å². The van der Waals surface area contributed by atoms with Gasteiger partial charge < -0.3 is 4.90 Å². The highest BCUT2D eigenvalue weighted by atomic mass is 32.1. The van der Waals surface area contributed by atoms with E-state index in [-0.39, 0.29) is 5.91 Å². The fourth-order valence-electron chi connectivity index (χ4n) is 2.58. The molecule has 0 saturated heterocycles. The van der Waals surface area contributed by atoms with Crippen LogP contribution in [0.4, 0.5) is 0 Å². The van der Waals surface area contributed by atoms with Gasteiger partial charge in [-0.2, -0.15) is 5.26 Å². The quantitative estimate of drug-likeness (QED) is 0.840. The van der Waals surface area contributed by atoms with Crippen LogP contribution >= 0.6 is 11.3 Å². The Labute approximate surface area is 112 Å². The topological polar surface area (TPSA) is 44.1 Å². The second kappa shape index (κ2) is 5.53. The SMILES string of the molecule is CN(C(=O)Cc1cccs1)C1(C#N)CCCCC1. The zero-order chi connectivity index (χ0) is 13.0. The molecule has 1 fully saturated rings. The van der Waals surface area contributed by atoms with E-state index in [0.717, 1.165) is 30.6 Å². The largest absolute Gasteiger partial charge is 0.327 e. The Morgan fingerprint density at radius 2 is 2.22 bits per heavy atom. The van der Waals surface area contributed by atoms with Crippen molar-refractivity contribution in [3.63, 3.8) is 0 Å². The number of thiophene rings is 1. The first-order chi connectivity index (χ1) is 8.68. The Bertz CT molecular complexity index is 441. The summed E-state index contributed by atoms with van der Waals surface area (Å²) < 4.78 is 0. The summed E-state index contributed by atoms with van der Waals surface area (Å²) in [7, 11) is 1.78. The third-order valence-electron chi connectivity index (χ3n) is 3.81. The summed E-state index contributed by atoms with van der Waals surface area (Å²) in [4.78, 5) is 15.0. The van der Waals surface area contributed by atoms with Crippen LogP contribution < -0.4 is 0 Å². The van der Waals surface area contributed by atoms with Crippen molar-refractivity contribution in [3.8, 4) is 6.07 Å². The summed E-state index contributed by atoms with van der Waals surface area (Å²) in [5.41, 5.74) is -0.563. The van der Waals surface area contributed by atoms with Gasteiger partial charge in [-0.15, -0.1) is 11.3 Å². The highest BCUT2D eigenvalue weighted by Crippen LogP contribution is 2.32. The van der Waals surface area contributed by atoms with E-state index in [2.05, 4.69) is 6.07 Å². The summed E-state index contributed by atoms with van der Waals surface area (Å²) in [6.07, 6.45) is 5.31. The van der Waals surface area contributed by atoms with E-state index in [9.17, 15) is 10.1 Å². The van der Waals surface area contributed by atoms with Crippen LogP contribution in [0.2, 0.25) is 0 Å². The van der Waals surface area contributed by atoms with Crippen LogP contribution in [0.3, 0.4) is 0 Å². The van der Waals surface area contributed by atoms with Crippen molar-refractivity contribution < 1.29 is 4.79 Å². The molecule has 1 aliphatic rings. The van der Waals surface area contributed by atoms with Crippen LogP contribution in [0.1, 0.15) is 37.0 Å². The van der Waals surface area contributed by atoms with Crippen molar-refractivity contribution in [1.29, 1.82) is 5.26 Å². The molecule has 0 radical (unpaired) electrons. The van der Waals surface area contributed by atoms with Crippen LogP contribution in [0, 0.1) is 11.3 Å². The number of nitriles is 1. The summed E-state index contributed by atoms with van der Waals surface area (Å²) >= 11 is 1.59. The molecule has 2 rings (SSSR count). The Morgan fingerprint density at radius 3 is 2.78 bits per heavy atom. The van der Waals surface area contributed by atoms with Gasteiger partial charge in [-0.1, -0.05) is 25.3 Å². The predicted octanol–water partition coefficient (Wildman–Crippen LogP) is 2.98. The Balaban J connectivity index is 2.07. The first-order valence-corrected chi connectivity index (χ1v) is 7.26. The molecule has 1 aliphatic carbocycles. The third-order valence-corrected chi connectivity index (χ3v) is 4.69. The Morgan fingerprint density at radius 1 is 1.50 bits per heavy atom. The lowest BCUT2D eigenvalue weighted by molar-refractivity contribution is -0.134. The molecule has 1 aromatic heterocycles. The molecule has 1 heterocycles. The molecule has 4 heteroatoms. The van der Waals surface area contributed by atoms with Gasteiger partial charge in [0.15, 0.2) is 0 Å². The average Bonchev–Trinajstić information content (AvgIpc) is 2.91. The number of carbonyl (C=O) groups excluding carboxylic acids is 1. The molecular weight excluding hydrogens is 244 g/mol. The van der Waals surface area contributed by atoms with E-state index < -0.39 is 5.54 Å². The molecule has 18 heavy (non-hydrogen) atoms. The van der Waals surface area contributed by atoms with Gasteiger partial charge in [0.05, 0.1) is 12.5 Å². The van der Waals surface area contributed by atoms with E-state index in [4.69, 9.17) is 0 Å². The monoisotopic (exact) mass is 262 g/mol. The lowest BCUT2D eigenvalue weighted by Gasteiger charge is -2.39. The van der Waals surface area contributed by atoms with Crippen LogP contribution in [0.15, 0.2) is 17.5 Å². The molecule has 0 spiro atoms. The van der Waals surface area contributed by atoms with E-state index in [1.807, 2.05) is 17.5 Å². The second-order valence-electron chi connectivity index (χ2n) is 4.91. The van der Waals surface area contributed by atoms with Crippen LogP contribution in [-0.4, -0.2) is 23.4 Å². The molecule has 0 unspecified atom stereocenters. The maximum Gasteiger partial charge on any atom is 0.228 e. The smallest absolute Gasteiger partial charge is 0.228 e. The van der Waals surface area contributed by atoms with E-state index in [0.29, 0.717) is 6.42 Å². The van der Waals surface area contributed by atoms with Crippen molar-refractivity contribution in [2.24, 2.45) is 0 Å². The maximum absolute atomic E-state index is 12.3. The summed E-state index contributed by atoms with van der Waals surface area (Å²) in [6, 6.07) is 6.31. The van der Waals surface area contributed by atoms with Gasteiger partial charge in [-0.3, -0.25) is 4.79 Å². The average molecular weight is 262 g/mol. The summed E-state index contributed by atoms with van der Waals surface area (Å²) in [5, 5.41) is 11.4. The van der Waals surface area contributed by atoms with Crippen LogP contribution in [-0.2, 0) is 11.2 Å². The number of likely N-dealkylation sites (N-methyl/N-ethyl adjacent to an activating group) is 1. The van der Waals surface area contributed by atoms with Crippen molar-refractivity contribution in [2.45, 2.75) is 44.1 Å². The number of amides is 1. The number of carbonyl (C=O) groups is 1. The number of hydrogen-bond donors (Lipinski definition) is 0. The van der Waals surface area contributed by atoms with Crippen LogP contribution in [0.25, 0.3) is 0 Å². The maximum atomic E-state index is 12.3. The van der Waals surface area contributed by atoms with Gasteiger partial charge in [0.2, 0.25) is 5.91 Å². The van der Waals surface area contributed by atoms with Gasteiger partial charge in [0.1, 0.15) is 5.54 Å². The minimum atomic E-state index is -0.563. The molecule has 0 aliphatic heterocycles. The van der Waals surface area contributed by atoms with Crippen LogP contribution in [0.5, 0.6) is 0 Å². The molecule has 1 amide bonds. The van der Waals surface area contributed by atoms with Crippen molar-refractivity contribution in [3.05, 3.63) is 22.4 Å². The fourth-order valence-corrected chi connectivity index (χ4v) is 3.27. The molecular formula is C14H18N2OS. The normalized spacial score (nSPS) is 18.0. The fraction of sp³-hybridized carbons (Fsp3) is 0.571. The molecule has 96 valence electrons. The Hall–Kier alpha value is -1.34. The molecule has 0 bridgehead atoms. The van der Waals surface area contributed by atoms with E-state index in [1.165, 1.54) is 6.42 Å². The first kappa shape index (κ1) is 13.1. The summed E-state index contributed by atoms with van der Waals surface area (Å²) in [6.45, 7) is 0. The molecule has 1 saturated carbocycles. The lowest BCUT2D eigenvalue weighted by atomic mass is 9.81.